The molecule has 0 heterocycles. The molecule has 2 saturated carbocycles. The molecule has 0 radical (unpaired) electrons. The van der Waals surface area contributed by atoms with Crippen LogP contribution in [0.25, 0.3) is 0 Å². The minimum atomic E-state index is -0.439. The molecule has 0 aromatic heterocycles. The van der Waals surface area contributed by atoms with Gasteiger partial charge < -0.3 is 10.1 Å². The van der Waals surface area contributed by atoms with Gasteiger partial charge in [0, 0.05) is 6.04 Å². The molecule has 1 aromatic carbocycles. The first-order valence-corrected chi connectivity index (χ1v) is 8.07. The lowest BCUT2D eigenvalue weighted by molar-refractivity contribution is -0.128. The Kier molecular flexibility index (Phi) is 3.92. The third kappa shape index (κ3) is 3.07. The van der Waals surface area contributed by atoms with Gasteiger partial charge in [0.1, 0.15) is 5.75 Å². The van der Waals surface area contributed by atoms with E-state index in [4.69, 9.17) is 4.74 Å². The molecule has 0 spiro atoms. The van der Waals surface area contributed by atoms with Crippen LogP contribution in [0.2, 0.25) is 0 Å². The van der Waals surface area contributed by atoms with Crippen LogP contribution in [0.3, 0.4) is 0 Å². The molecule has 2 aliphatic carbocycles. The van der Waals surface area contributed by atoms with Gasteiger partial charge >= 0.3 is 0 Å². The van der Waals surface area contributed by atoms with Gasteiger partial charge in [0.15, 0.2) is 6.10 Å². The molecule has 2 bridgehead atoms. The third-order valence-electron chi connectivity index (χ3n) is 5.07. The standard InChI is InChI=1S/C18H25NO2/c1-11-4-7-17(12(2)8-11)21-13(3)18(20)19-16-10-14-5-6-15(16)9-14/h4,7-8,13-16H,5-6,9-10H2,1-3H3,(H,19,20)/t13-,14+,15+,16+/m1/s1. The minimum absolute atomic E-state index is 0.0209. The Hall–Kier alpha value is -1.51. The van der Waals surface area contributed by atoms with Gasteiger partial charge in [-0.25, -0.2) is 0 Å². The SMILES string of the molecule is Cc1ccc(O[C@H](C)C(=O)N[C@H]2C[C@H]3CC[C@H]2C3)c(C)c1. The number of hydrogen-bond donors (Lipinski definition) is 1. The van der Waals surface area contributed by atoms with Crippen molar-refractivity contribution >= 4 is 5.91 Å². The maximum absolute atomic E-state index is 12.3. The molecule has 3 nitrogen and oxygen atoms in total. The summed E-state index contributed by atoms with van der Waals surface area (Å²) in [5.74, 6) is 2.37. The summed E-state index contributed by atoms with van der Waals surface area (Å²) in [4.78, 5) is 12.3. The molecule has 4 atom stereocenters. The molecular formula is C18H25NO2. The minimum Gasteiger partial charge on any atom is -0.481 e. The number of fused-ring (bicyclic) bond motifs is 2. The van der Waals surface area contributed by atoms with Crippen molar-refractivity contribution in [2.45, 2.75) is 58.6 Å². The predicted molar refractivity (Wildman–Crippen MR) is 83.4 cm³/mol. The smallest absolute Gasteiger partial charge is 0.261 e. The highest BCUT2D eigenvalue weighted by Crippen LogP contribution is 2.44. The van der Waals surface area contributed by atoms with E-state index in [1.807, 2.05) is 26.0 Å². The van der Waals surface area contributed by atoms with Crippen LogP contribution in [0.4, 0.5) is 0 Å². The Morgan fingerprint density at radius 1 is 1.29 bits per heavy atom. The molecular weight excluding hydrogens is 262 g/mol. The van der Waals surface area contributed by atoms with Crippen molar-refractivity contribution in [2.75, 3.05) is 0 Å². The fourth-order valence-electron chi connectivity index (χ4n) is 3.90. The Bertz CT molecular complexity index is 540. The lowest BCUT2D eigenvalue weighted by atomic mass is 9.95. The van der Waals surface area contributed by atoms with Crippen LogP contribution in [0.5, 0.6) is 5.75 Å². The summed E-state index contributed by atoms with van der Waals surface area (Å²) in [5, 5.41) is 3.20. The molecule has 3 rings (SSSR count). The molecule has 114 valence electrons. The lowest BCUT2D eigenvalue weighted by Gasteiger charge is -2.25. The lowest BCUT2D eigenvalue weighted by Crippen LogP contribution is -2.44. The molecule has 2 fully saturated rings. The fraction of sp³-hybridized carbons (Fsp3) is 0.611. The second kappa shape index (κ2) is 5.70. The average molecular weight is 287 g/mol. The first kappa shape index (κ1) is 14.4. The zero-order valence-electron chi connectivity index (χ0n) is 13.2. The predicted octanol–water partition coefficient (Wildman–Crippen LogP) is 3.38. The van der Waals surface area contributed by atoms with Gasteiger partial charge in [-0.1, -0.05) is 24.1 Å². The van der Waals surface area contributed by atoms with Crippen molar-refractivity contribution in [1.29, 1.82) is 0 Å². The number of carbonyl (C=O) groups is 1. The Morgan fingerprint density at radius 3 is 2.71 bits per heavy atom. The fourth-order valence-corrected chi connectivity index (χ4v) is 3.90. The number of rotatable bonds is 4. The van der Waals surface area contributed by atoms with Gasteiger partial charge in [-0.2, -0.15) is 0 Å². The van der Waals surface area contributed by atoms with Crippen LogP contribution in [0.1, 0.15) is 43.7 Å². The molecule has 1 amide bonds. The molecule has 3 heteroatoms. The van der Waals surface area contributed by atoms with Crippen LogP contribution in [-0.4, -0.2) is 18.1 Å². The highest BCUT2D eigenvalue weighted by Gasteiger charge is 2.40. The first-order chi connectivity index (χ1) is 10.0. The van der Waals surface area contributed by atoms with Crippen molar-refractivity contribution in [3.8, 4) is 5.75 Å². The van der Waals surface area contributed by atoms with Crippen LogP contribution in [0.15, 0.2) is 18.2 Å². The van der Waals surface area contributed by atoms with Crippen molar-refractivity contribution in [3.63, 3.8) is 0 Å². The highest BCUT2D eigenvalue weighted by molar-refractivity contribution is 5.81. The Balaban J connectivity index is 1.57. The van der Waals surface area contributed by atoms with Crippen LogP contribution in [0, 0.1) is 25.7 Å². The Morgan fingerprint density at radius 2 is 2.10 bits per heavy atom. The third-order valence-corrected chi connectivity index (χ3v) is 5.07. The normalized spacial score (nSPS) is 28.4. The molecule has 0 aliphatic heterocycles. The number of carbonyl (C=O) groups excluding carboxylic acids is 1. The molecule has 1 N–H and O–H groups in total. The molecule has 21 heavy (non-hydrogen) atoms. The molecule has 2 aliphatic rings. The second-order valence-corrected chi connectivity index (χ2v) is 6.82. The summed E-state index contributed by atoms with van der Waals surface area (Å²) >= 11 is 0. The van der Waals surface area contributed by atoms with E-state index in [0.29, 0.717) is 12.0 Å². The number of hydrogen-bond acceptors (Lipinski definition) is 2. The van der Waals surface area contributed by atoms with Gasteiger partial charge in [0.05, 0.1) is 0 Å². The highest BCUT2D eigenvalue weighted by atomic mass is 16.5. The summed E-state index contributed by atoms with van der Waals surface area (Å²) in [6.45, 7) is 5.91. The number of benzene rings is 1. The van der Waals surface area contributed by atoms with Crippen molar-refractivity contribution in [1.82, 2.24) is 5.32 Å². The largest absolute Gasteiger partial charge is 0.481 e. The summed E-state index contributed by atoms with van der Waals surface area (Å²) in [6.07, 6.45) is 4.66. The van der Waals surface area contributed by atoms with Gasteiger partial charge in [0.25, 0.3) is 5.91 Å². The van der Waals surface area contributed by atoms with Gasteiger partial charge in [-0.05, 0) is 63.5 Å². The van der Waals surface area contributed by atoms with E-state index in [-0.39, 0.29) is 5.91 Å². The van der Waals surface area contributed by atoms with Gasteiger partial charge in [-0.15, -0.1) is 0 Å². The van der Waals surface area contributed by atoms with Crippen LogP contribution >= 0.6 is 0 Å². The van der Waals surface area contributed by atoms with Crippen molar-refractivity contribution in [3.05, 3.63) is 29.3 Å². The number of aryl methyl sites for hydroxylation is 2. The summed E-state index contributed by atoms with van der Waals surface area (Å²) < 4.78 is 5.84. The zero-order chi connectivity index (χ0) is 15.0. The van der Waals surface area contributed by atoms with Gasteiger partial charge in [-0.3, -0.25) is 4.79 Å². The van der Waals surface area contributed by atoms with E-state index in [1.165, 1.54) is 24.8 Å². The van der Waals surface area contributed by atoms with E-state index in [1.54, 1.807) is 0 Å². The maximum Gasteiger partial charge on any atom is 0.261 e. The molecule has 1 aromatic rings. The zero-order valence-corrected chi connectivity index (χ0v) is 13.2. The van der Waals surface area contributed by atoms with E-state index >= 15 is 0 Å². The van der Waals surface area contributed by atoms with E-state index in [0.717, 1.165) is 23.7 Å². The topological polar surface area (TPSA) is 38.3 Å². The maximum atomic E-state index is 12.3. The van der Waals surface area contributed by atoms with Crippen molar-refractivity contribution in [2.24, 2.45) is 11.8 Å². The quantitative estimate of drug-likeness (QED) is 0.922. The van der Waals surface area contributed by atoms with Gasteiger partial charge in [0.2, 0.25) is 0 Å². The second-order valence-electron chi connectivity index (χ2n) is 6.82. The van der Waals surface area contributed by atoms with Crippen LogP contribution < -0.4 is 10.1 Å². The molecule has 0 unspecified atom stereocenters. The first-order valence-electron chi connectivity index (χ1n) is 8.07. The van der Waals surface area contributed by atoms with Crippen LogP contribution in [-0.2, 0) is 4.79 Å². The Labute approximate surface area is 127 Å². The summed E-state index contributed by atoms with van der Waals surface area (Å²) in [6, 6.07) is 6.42. The number of ether oxygens (including phenoxy) is 1. The number of nitrogens with one attached hydrogen (secondary N) is 1. The van der Waals surface area contributed by atoms with E-state index < -0.39 is 6.10 Å². The van der Waals surface area contributed by atoms with E-state index in [9.17, 15) is 4.79 Å². The summed E-state index contributed by atoms with van der Waals surface area (Å²) in [5.41, 5.74) is 2.29. The monoisotopic (exact) mass is 287 g/mol. The van der Waals surface area contributed by atoms with Crippen molar-refractivity contribution < 1.29 is 9.53 Å². The average Bonchev–Trinajstić information content (AvgIpc) is 3.04. The number of amides is 1. The summed E-state index contributed by atoms with van der Waals surface area (Å²) in [7, 11) is 0. The van der Waals surface area contributed by atoms with E-state index in [2.05, 4.69) is 18.3 Å². The molecule has 0 saturated heterocycles.